The number of ether oxygens (including phenoxy) is 2. The second-order valence-corrected chi connectivity index (χ2v) is 5.09. The van der Waals surface area contributed by atoms with E-state index in [1.807, 2.05) is 0 Å². The summed E-state index contributed by atoms with van der Waals surface area (Å²) in [5.41, 5.74) is 0. The van der Waals surface area contributed by atoms with E-state index in [2.05, 4.69) is 5.32 Å². The molecule has 2 amide bonds. The average molecular weight is 286 g/mol. The number of rotatable bonds is 7. The lowest BCUT2D eigenvalue weighted by Gasteiger charge is -2.25. The van der Waals surface area contributed by atoms with E-state index in [4.69, 9.17) is 9.47 Å². The van der Waals surface area contributed by atoms with Crippen LogP contribution in [-0.4, -0.2) is 63.3 Å². The highest BCUT2D eigenvalue weighted by Gasteiger charge is 2.24. The van der Waals surface area contributed by atoms with Gasteiger partial charge in [0.15, 0.2) is 0 Å². The average Bonchev–Trinajstić information content (AvgIpc) is 2.48. The Balaban J connectivity index is 2.45. The number of nitrogens with zero attached hydrogens (tertiary/aromatic N) is 1. The number of carbonyl (C=O) groups excluding carboxylic acids is 2. The van der Waals surface area contributed by atoms with Crippen molar-refractivity contribution in [2.45, 2.75) is 38.1 Å². The molecular formula is C14H26N2O4. The molecule has 1 saturated carbocycles. The first-order valence-electron chi connectivity index (χ1n) is 7.26. The van der Waals surface area contributed by atoms with Gasteiger partial charge in [-0.15, -0.1) is 0 Å². The molecule has 0 aliphatic heterocycles. The van der Waals surface area contributed by atoms with Crippen LogP contribution in [0, 0.1) is 0 Å². The van der Waals surface area contributed by atoms with Crippen molar-refractivity contribution in [3.05, 3.63) is 0 Å². The summed E-state index contributed by atoms with van der Waals surface area (Å²) >= 11 is 0. The Morgan fingerprint density at radius 2 is 1.60 bits per heavy atom. The first kappa shape index (κ1) is 16.9. The fourth-order valence-corrected chi connectivity index (χ4v) is 2.36. The van der Waals surface area contributed by atoms with Crippen molar-refractivity contribution in [2.24, 2.45) is 0 Å². The second kappa shape index (κ2) is 9.72. The van der Waals surface area contributed by atoms with E-state index in [-0.39, 0.29) is 6.04 Å². The van der Waals surface area contributed by atoms with Gasteiger partial charge in [0.05, 0.1) is 13.2 Å². The minimum absolute atomic E-state index is 0.145. The highest BCUT2D eigenvalue weighted by molar-refractivity contribution is 6.35. The lowest BCUT2D eigenvalue weighted by molar-refractivity contribution is -0.147. The molecule has 0 aromatic carbocycles. The van der Waals surface area contributed by atoms with Crippen LogP contribution in [0.15, 0.2) is 0 Å². The van der Waals surface area contributed by atoms with E-state index in [0.717, 1.165) is 25.7 Å². The van der Waals surface area contributed by atoms with Crippen molar-refractivity contribution in [2.75, 3.05) is 40.5 Å². The van der Waals surface area contributed by atoms with Crippen molar-refractivity contribution < 1.29 is 19.1 Å². The van der Waals surface area contributed by atoms with Crippen LogP contribution < -0.4 is 5.32 Å². The van der Waals surface area contributed by atoms with E-state index in [0.29, 0.717) is 26.3 Å². The van der Waals surface area contributed by atoms with Gasteiger partial charge in [-0.25, -0.2) is 0 Å². The fourth-order valence-electron chi connectivity index (χ4n) is 2.36. The molecule has 1 aliphatic rings. The summed E-state index contributed by atoms with van der Waals surface area (Å²) in [5, 5.41) is 2.84. The molecule has 0 saturated heterocycles. The molecule has 1 N–H and O–H groups in total. The molecule has 0 atom stereocenters. The summed E-state index contributed by atoms with van der Waals surface area (Å²) in [7, 11) is 3.14. The van der Waals surface area contributed by atoms with Crippen LogP contribution in [0.3, 0.4) is 0 Å². The minimum Gasteiger partial charge on any atom is -0.383 e. The third-order valence-corrected chi connectivity index (χ3v) is 3.55. The number of nitrogens with one attached hydrogen (secondary N) is 1. The van der Waals surface area contributed by atoms with E-state index in [1.165, 1.54) is 11.3 Å². The zero-order valence-corrected chi connectivity index (χ0v) is 12.5. The number of amides is 2. The summed E-state index contributed by atoms with van der Waals surface area (Å²) in [6.45, 7) is 1.62. The molecule has 1 rings (SSSR count). The summed E-state index contributed by atoms with van der Waals surface area (Å²) in [6, 6.07) is 0.145. The molecule has 116 valence electrons. The van der Waals surface area contributed by atoms with Gasteiger partial charge >= 0.3 is 11.8 Å². The van der Waals surface area contributed by atoms with Crippen LogP contribution >= 0.6 is 0 Å². The topological polar surface area (TPSA) is 67.9 Å². The predicted octanol–water partition coefficient (Wildman–Crippen LogP) is 0.557. The third-order valence-electron chi connectivity index (χ3n) is 3.55. The van der Waals surface area contributed by atoms with Gasteiger partial charge in [-0.1, -0.05) is 19.3 Å². The normalized spacial score (nSPS) is 15.9. The third kappa shape index (κ3) is 5.88. The van der Waals surface area contributed by atoms with Gasteiger partial charge in [0.25, 0.3) is 0 Å². The van der Waals surface area contributed by atoms with Gasteiger partial charge in [-0.2, -0.15) is 0 Å². The molecule has 1 aliphatic carbocycles. The van der Waals surface area contributed by atoms with Crippen LogP contribution in [0.5, 0.6) is 0 Å². The van der Waals surface area contributed by atoms with E-state index in [1.54, 1.807) is 14.2 Å². The lowest BCUT2D eigenvalue weighted by atomic mass is 9.95. The molecule has 0 aromatic rings. The van der Waals surface area contributed by atoms with Crippen molar-refractivity contribution in [3.63, 3.8) is 0 Å². The highest BCUT2D eigenvalue weighted by atomic mass is 16.5. The molecule has 0 aromatic heterocycles. The van der Waals surface area contributed by atoms with Crippen molar-refractivity contribution >= 4 is 11.8 Å². The zero-order chi connectivity index (χ0) is 14.8. The maximum atomic E-state index is 12.1. The van der Waals surface area contributed by atoms with Crippen LogP contribution in [0.1, 0.15) is 32.1 Å². The standard InChI is InChI=1S/C14H26N2O4/c1-19-10-8-16(9-11-20-2)14(18)13(17)15-12-6-4-3-5-7-12/h12H,3-11H2,1-2H3,(H,15,17). The predicted molar refractivity (Wildman–Crippen MR) is 75.3 cm³/mol. The Morgan fingerprint density at radius 1 is 1.05 bits per heavy atom. The number of hydrogen-bond acceptors (Lipinski definition) is 4. The van der Waals surface area contributed by atoms with Crippen LogP contribution in [-0.2, 0) is 19.1 Å². The lowest BCUT2D eigenvalue weighted by Crippen LogP contribution is -2.48. The maximum absolute atomic E-state index is 12.1. The van der Waals surface area contributed by atoms with Crippen molar-refractivity contribution in [3.8, 4) is 0 Å². The Hall–Kier alpha value is -1.14. The van der Waals surface area contributed by atoms with E-state index in [9.17, 15) is 9.59 Å². The SMILES string of the molecule is COCCN(CCOC)C(=O)C(=O)NC1CCCCC1. The molecule has 0 unspecified atom stereocenters. The van der Waals surface area contributed by atoms with Crippen LogP contribution in [0.2, 0.25) is 0 Å². The van der Waals surface area contributed by atoms with Gasteiger partial charge < -0.3 is 19.7 Å². The number of carbonyl (C=O) groups is 2. The first-order chi connectivity index (χ1) is 9.69. The first-order valence-corrected chi connectivity index (χ1v) is 7.26. The number of hydrogen-bond donors (Lipinski definition) is 1. The van der Waals surface area contributed by atoms with Crippen LogP contribution in [0.4, 0.5) is 0 Å². The monoisotopic (exact) mass is 286 g/mol. The van der Waals surface area contributed by atoms with Crippen molar-refractivity contribution in [1.29, 1.82) is 0 Å². The van der Waals surface area contributed by atoms with Gasteiger partial charge in [0.1, 0.15) is 0 Å². The summed E-state index contributed by atoms with van der Waals surface area (Å²) in [6.07, 6.45) is 5.39. The highest BCUT2D eigenvalue weighted by Crippen LogP contribution is 2.17. The zero-order valence-electron chi connectivity index (χ0n) is 12.5. The van der Waals surface area contributed by atoms with Gasteiger partial charge in [0, 0.05) is 33.4 Å². The molecule has 20 heavy (non-hydrogen) atoms. The van der Waals surface area contributed by atoms with E-state index < -0.39 is 11.8 Å². The molecule has 6 nitrogen and oxygen atoms in total. The molecule has 6 heteroatoms. The van der Waals surface area contributed by atoms with Gasteiger partial charge in [-0.3, -0.25) is 9.59 Å². The van der Waals surface area contributed by atoms with Crippen molar-refractivity contribution in [1.82, 2.24) is 10.2 Å². The largest absolute Gasteiger partial charge is 0.383 e. The molecule has 1 fully saturated rings. The van der Waals surface area contributed by atoms with Crippen LogP contribution in [0.25, 0.3) is 0 Å². The Kier molecular flexibility index (Phi) is 8.22. The molecule has 0 spiro atoms. The molecule has 0 bridgehead atoms. The Morgan fingerprint density at radius 3 is 2.10 bits per heavy atom. The van der Waals surface area contributed by atoms with Gasteiger partial charge in [0.2, 0.25) is 0 Å². The number of methoxy groups -OCH3 is 2. The minimum atomic E-state index is -0.510. The van der Waals surface area contributed by atoms with E-state index >= 15 is 0 Å². The summed E-state index contributed by atoms with van der Waals surface area (Å²) in [5.74, 6) is -1.01. The molecular weight excluding hydrogens is 260 g/mol. The summed E-state index contributed by atoms with van der Waals surface area (Å²) in [4.78, 5) is 25.6. The summed E-state index contributed by atoms with van der Waals surface area (Å²) < 4.78 is 9.93. The Labute approximate surface area is 120 Å². The fraction of sp³-hybridized carbons (Fsp3) is 0.857. The smallest absolute Gasteiger partial charge is 0.312 e. The maximum Gasteiger partial charge on any atom is 0.312 e. The Bertz CT molecular complexity index is 296. The quantitative estimate of drug-likeness (QED) is 0.694. The second-order valence-electron chi connectivity index (χ2n) is 5.09. The van der Waals surface area contributed by atoms with Gasteiger partial charge in [-0.05, 0) is 12.8 Å². The molecule has 0 heterocycles. The molecule has 0 radical (unpaired) electrons.